The fourth-order valence-electron chi connectivity index (χ4n) is 3.35. The molecule has 0 aromatic heterocycles. The number of piperidine rings is 1. The number of rotatable bonds is 9. The first-order chi connectivity index (χ1) is 13.7. The largest absolute Gasteiger partial charge is 0.283 e. The van der Waals surface area contributed by atoms with Crippen molar-refractivity contribution in [3.8, 4) is 0 Å². The molecule has 1 aliphatic heterocycles. The summed E-state index contributed by atoms with van der Waals surface area (Å²) in [5, 5.41) is 0. The molecule has 5 heteroatoms. The van der Waals surface area contributed by atoms with Crippen molar-refractivity contribution < 1.29 is 9.59 Å². The Bertz CT molecular complexity index is 707. The van der Waals surface area contributed by atoms with Gasteiger partial charge in [0.25, 0.3) is 0 Å². The molecule has 2 amide bonds. The molecule has 0 aliphatic carbocycles. The smallest absolute Gasteiger partial charge is 0.229 e. The number of imide groups is 1. The number of hydrogen-bond acceptors (Lipinski definition) is 4. The number of carbonyl (C=O) groups excluding carboxylic acids is 2. The molecule has 1 heterocycles. The molecule has 0 spiro atoms. The lowest BCUT2D eigenvalue weighted by Crippen LogP contribution is -2.44. The predicted octanol–water partition coefficient (Wildman–Crippen LogP) is 5.85. The summed E-state index contributed by atoms with van der Waals surface area (Å²) >= 11 is 3.64. The Balaban J connectivity index is 1.67. The van der Waals surface area contributed by atoms with E-state index in [4.69, 9.17) is 0 Å². The number of hydrogen-bond donors (Lipinski definition) is 0. The third kappa shape index (κ3) is 6.14. The van der Waals surface area contributed by atoms with Gasteiger partial charge in [-0.2, -0.15) is 0 Å². The van der Waals surface area contributed by atoms with Crippen LogP contribution in [0.1, 0.15) is 39.0 Å². The van der Waals surface area contributed by atoms with Gasteiger partial charge >= 0.3 is 0 Å². The summed E-state index contributed by atoms with van der Waals surface area (Å²) < 4.78 is 0.262. The fourth-order valence-corrected chi connectivity index (χ4v) is 6.18. The van der Waals surface area contributed by atoms with Crippen LogP contribution >= 0.6 is 23.5 Å². The van der Waals surface area contributed by atoms with Gasteiger partial charge in [0.1, 0.15) is 0 Å². The lowest BCUT2D eigenvalue weighted by molar-refractivity contribution is -0.150. The molecule has 0 unspecified atom stereocenters. The molecule has 0 atom stereocenters. The van der Waals surface area contributed by atoms with E-state index in [9.17, 15) is 9.59 Å². The molecule has 148 valence electrons. The summed E-state index contributed by atoms with van der Waals surface area (Å²) in [6, 6.07) is 20.7. The Hall–Kier alpha value is -1.72. The van der Waals surface area contributed by atoms with Crippen LogP contribution in [0.3, 0.4) is 0 Å². The molecular weight excluding hydrogens is 386 g/mol. The molecule has 1 fully saturated rings. The van der Waals surface area contributed by atoms with Crippen LogP contribution in [0.15, 0.2) is 70.5 Å². The minimum atomic E-state index is 0.00266. The zero-order chi connectivity index (χ0) is 19.8. The summed E-state index contributed by atoms with van der Waals surface area (Å²) in [7, 11) is 0. The van der Waals surface area contributed by atoms with Crippen LogP contribution in [-0.4, -0.2) is 27.8 Å². The fraction of sp³-hybridized carbons (Fsp3) is 0.391. The van der Waals surface area contributed by atoms with Crippen molar-refractivity contribution >= 4 is 35.3 Å². The van der Waals surface area contributed by atoms with E-state index in [-0.39, 0.29) is 22.3 Å². The second-order valence-corrected chi connectivity index (χ2v) is 9.94. The minimum Gasteiger partial charge on any atom is -0.283 e. The molecule has 0 saturated carbocycles. The predicted molar refractivity (Wildman–Crippen MR) is 117 cm³/mol. The molecule has 1 aliphatic rings. The maximum atomic E-state index is 12.5. The van der Waals surface area contributed by atoms with E-state index in [1.807, 2.05) is 59.9 Å². The van der Waals surface area contributed by atoms with Crippen molar-refractivity contribution in [2.45, 2.75) is 53.4 Å². The average Bonchev–Trinajstić information content (AvgIpc) is 2.69. The molecule has 3 rings (SSSR count). The van der Waals surface area contributed by atoms with Crippen molar-refractivity contribution in [2.24, 2.45) is 5.92 Å². The molecule has 28 heavy (non-hydrogen) atoms. The number of nitrogens with zero attached hydrogens (tertiary/aromatic N) is 1. The monoisotopic (exact) mass is 413 g/mol. The highest BCUT2D eigenvalue weighted by Gasteiger charge is 2.33. The zero-order valence-corrected chi connectivity index (χ0v) is 17.9. The highest BCUT2D eigenvalue weighted by molar-refractivity contribution is 8.17. The van der Waals surface area contributed by atoms with Crippen molar-refractivity contribution in [3.63, 3.8) is 0 Å². The first-order valence-corrected chi connectivity index (χ1v) is 11.7. The number of benzene rings is 2. The molecule has 0 bridgehead atoms. The van der Waals surface area contributed by atoms with Crippen LogP contribution in [0, 0.1) is 5.92 Å². The van der Waals surface area contributed by atoms with Crippen molar-refractivity contribution in [2.75, 3.05) is 6.54 Å². The van der Waals surface area contributed by atoms with Crippen LogP contribution in [0.4, 0.5) is 0 Å². The summed E-state index contributed by atoms with van der Waals surface area (Å²) in [6.07, 6.45) is 3.69. The zero-order valence-electron chi connectivity index (χ0n) is 16.3. The first-order valence-electron chi connectivity index (χ1n) is 9.92. The number of carbonyl (C=O) groups is 2. The topological polar surface area (TPSA) is 37.4 Å². The number of likely N-dealkylation sites (tertiary alicyclic amines) is 1. The number of thioether (sulfide) groups is 2. The quantitative estimate of drug-likeness (QED) is 0.293. The third-order valence-electron chi connectivity index (χ3n) is 4.81. The van der Waals surface area contributed by atoms with E-state index >= 15 is 0 Å². The number of amides is 2. The number of unbranched alkanes of at least 4 members (excludes halogenated alkanes) is 1. The van der Waals surface area contributed by atoms with E-state index in [0.717, 1.165) is 19.3 Å². The maximum absolute atomic E-state index is 12.5. The highest BCUT2D eigenvalue weighted by Crippen LogP contribution is 2.41. The SMILES string of the molecule is CCCCN1C(=O)CC(CC(Sc2ccccc2)Sc2ccccc2)CC1=O. The minimum absolute atomic E-state index is 0.00266. The summed E-state index contributed by atoms with van der Waals surface area (Å²) in [5.74, 6) is 0.126. The molecular formula is C23H27NO2S2. The molecule has 2 aromatic carbocycles. The first kappa shape index (κ1) is 21.0. The van der Waals surface area contributed by atoms with E-state index in [2.05, 4.69) is 31.2 Å². The van der Waals surface area contributed by atoms with Gasteiger partial charge in [-0.05, 0) is 43.0 Å². The second-order valence-electron chi connectivity index (χ2n) is 7.09. The Labute approximate surface area is 176 Å². The van der Waals surface area contributed by atoms with Crippen LogP contribution < -0.4 is 0 Å². The molecule has 3 nitrogen and oxygen atoms in total. The van der Waals surface area contributed by atoms with E-state index in [1.54, 1.807) is 0 Å². The van der Waals surface area contributed by atoms with Crippen molar-refractivity contribution in [1.82, 2.24) is 4.90 Å². The van der Waals surface area contributed by atoms with Gasteiger partial charge in [0, 0.05) is 29.2 Å². The molecule has 0 radical (unpaired) electrons. The van der Waals surface area contributed by atoms with Crippen LogP contribution in [0.5, 0.6) is 0 Å². The van der Waals surface area contributed by atoms with E-state index in [0.29, 0.717) is 19.4 Å². The van der Waals surface area contributed by atoms with E-state index < -0.39 is 0 Å². The van der Waals surface area contributed by atoms with E-state index in [1.165, 1.54) is 14.7 Å². The van der Waals surface area contributed by atoms with Crippen molar-refractivity contribution in [1.29, 1.82) is 0 Å². The van der Waals surface area contributed by atoms with Gasteiger partial charge in [-0.3, -0.25) is 14.5 Å². The molecule has 2 aromatic rings. The van der Waals surface area contributed by atoms with Gasteiger partial charge in [-0.1, -0.05) is 49.7 Å². The summed E-state index contributed by atoms with van der Waals surface area (Å²) in [4.78, 5) is 28.9. The average molecular weight is 414 g/mol. The Morgan fingerprint density at radius 2 is 1.39 bits per heavy atom. The van der Waals surface area contributed by atoms with Gasteiger partial charge in [-0.15, -0.1) is 23.5 Å². The maximum Gasteiger partial charge on any atom is 0.229 e. The normalized spacial score (nSPS) is 15.4. The standard InChI is InChI=1S/C23H27NO2S2/c1-2-3-14-24-21(25)15-18(16-22(24)26)17-23(27-19-10-6-4-7-11-19)28-20-12-8-5-9-13-20/h4-13,18,23H,2-3,14-17H2,1H3. The van der Waals surface area contributed by atoms with Gasteiger partial charge in [0.15, 0.2) is 0 Å². The lowest BCUT2D eigenvalue weighted by Gasteiger charge is -2.31. The van der Waals surface area contributed by atoms with Crippen LogP contribution in [0.2, 0.25) is 0 Å². The summed E-state index contributed by atoms with van der Waals surface area (Å²) in [5.41, 5.74) is 0. The van der Waals surface area contributed by atoms with Gasteiger partial charge in [0.2, 0.25) is 11.8 Å². The second kappa shape index (κ2) is 10.7. The summed E-state index contributed by atoms with van der Waals surface area (Å²) in [6.45, 7) is 2.65. The van der Waals surface area contributed by atoms with Gasteiger partial charge in [0.05, 0.1) is 4.58 Å². The molecule has 0 N–H and O–H groups in total. The highest BCUT2D eigenvalue weighted by atomic mass is 32.2. The Morgan fingerprint density at radius 3 is 1.86 bits per heavy atom. The van der Waals surface area contributed by atoms with Crippen LogP contribution in [0.25, 0.3) is 0 Å². The van der Waals surface area contributed by atoms with Crippen molar-refractivity contribution in [3.05, 3.63) is 60.7 Å². The Kier molecular flexibility index (Phi) is 8.04. The lowest BCUT2D eigenvalue weighted by atomic mass is 9.93. The third-order valence-corrected chi connectivity index (χ3v) is 7.39. The van der Waals surface area contributed by atoms with Gasteiger partial charge in [-0.25, -0.2) is 0 Å². The van der Waals surface area contributed by atoms with Gasteiger partial charge < -0.3 is 0 Å². The van der Waals surface area contributed by atoms with Crippen LogP contribution in [-0.2, 0) is 9.59 Å². The Morgan fingerprint density at radius 1 is 0.893 bits per heavy atom. The molecule has 1 saturated heterocycles.